The number of benzene rings is 2. The van der Waals surface area contributed by atoms with Gasteiger partial charge in [0, 0.05) is 10.5 Å². The van der Waals surface area contributed by atoms with E-state index in [1.54, 1.807) is 55.3 Å². The summed E-state index contributed by atoms with van der Waals surface area (Å²) in [5, 5.41) is 8.89. The number of thiazole rings is 1. The highest BCUT2D eigenvalue weighted by molar-refractivity contribution is 7.98. The topological polar surface area (TPSA) is 93.7 Å². The quantitative estimate of drug-likeness (QED) is 0.348. The molecule has 0 fully saturated rings. The molecule has 3 aromatic rings. The van der Waals surface area contributed by atoms with Gasteiger partial charge >= 0.3 is 5.97 Å². The maximum atomic E-state index is 13.8. The molecule has 0 aliphatic carbocycles. The zero-order valence-electron chi connectivity index (χ0n) is 20.3. The van der Waals surface area contributed by atoms with E-state index in [4.69, 9.17) is 14.7 Å². The van der Waals surface area contributed by atoms with Crippen LogP contribution in [0.25, 0.3) is 6.08 Å². The number of nitrogens with zero attached hydrogens (tertiary/aromatic N) is 3. The summed E-state index contributed by atoms with van der Waals surface area (Å²) in [6.07, 6.45) is 3.41. The van der Waals surface area contributed by atoms with Crippen LogP contribution >= 0.6 is 23.1 Å². The molecule has 1 aromatic heterocycles. The van der Waals surface area contributed by atoms with Crippen LogP contribution < -0.4 is 19.6 Å². The number of para-hydroxylation sites is 1. The minimum absolute atomic E-state index is 0.0985. The third kappa shape index (κ3) is 5.15. The van der Waals surface area contributed by atoms with Gasteiger partial charge in [0.05, 0.1) is 27.9 Å². The first-order chi connectivity index (χ1) is 17.3. The molecule has 0 radical (unpaired) electrons. The lowest BCUT2D eigenvalue weighted by molar-refractivity contribution is -0.143. The van der Waals surface area contributed by atoms with Crippen LogP contribution in [0.5, 0.6) is 5.75 Å². The van der Waals surface area contributed by atoms with Gasteiger partial charge in [-0.1, -0.05) is 41.7 Å². The highest BCUT2D eigenvalue weighted by Crippen LogP contribution is 2.32. The van der Waals surface area contributed by atoms with Crippen LogP contribution in [-0.4, -0.2) is 29.5 Å². The van der Waals surface area contributed by atoms with Crippen molar-refractivity contribution in [3.8, 4) is 11.8 Å². The zero-order valence-corrected chi connectivity index (χ0v) is 22.0. The van der Waals surface area contributed by atoms with Crippen molar-refractivity contribution in [3.63, 3.8) is 0 Å². The molecule has 0 amide bonds. The molecule has 1 aliphatic heterocycles. The maximum Gasteiger partial charge on any atom is 0.338 e. The van der Waals surface area contributed by atoms with Gasteiger partial charge in [-0.25, -0.2) is 9.79 Å². The number of nitriles is 1. The molecule has 0 saturated heterocycles. The fraction of sp³-hybridized carbons (Fsp3) is 0.259. The van der Waals surface area contributed by atoms with E-state index in [1.165, 1.54) is 11.3 Å². The molecule has 0 unspecified atom stereocenters. The number of carbonyl (C=O) groups excluding carboxylic acids is 1. The first-order valence-corrected chi connectivity index (χ1v) is 13.3. The van der Waals surface area contributed by atoms with Crippen molar-refractivity contribution in [1.82, 2.24) is 4.57 Å². The second kappa shape index (κ2) is 11.0. The number of hydrogen-bond donors (Lipinski definition) is 0. The predicted molar refractivity (Wildman–Crippen MR) is 141 cm³/mol. The third-order valence-electron chi connectivity index (χ3n) is 5.51. The summed E-state index contributed by atoms with van der Waals surface area (Å²) in [5.41, 5.74) is 2.06. The number of ether oxygens (including phenoxy) is 2. The van der Waals surface area contributed by atoms with E-state index >= 15 is 0 Å². The molecule has 9 heteroatoms. The smallest absolute Gasteiger partial charge is 0.338 e. The second-order valence-corrected chi connectivity index (χ2v) is 10.2. The van der Waals surface area contributed by atoms with E-state index in [9.17, 15) is 9.59 Å². The van der Waals surface area contributed by atoms with Crippen LogP contribution in [0.4, 0.5) is 0 Å². The monoisotopic (exact) mass is 519 g/mol. The Morgan fingerprint density at radius 2 is 1.97 bits per heavy atom. The molecular formula is C27H25N3O4S2. The van der Waals surface area contributed by atoms with Crippen LogP contribution in [0.1, 0.15) is 37.9 Å². The molecule has 36 heavy (non-hydrogen) atoms. The van der Waals surface area contributed by atoms with Gasteiger partial charge in [-0.3, -0.25) is 9.36 Å². The van der Waals surface area contributed by atoms with E-state index in [-0.39, 0.29) is 18.3 Å². The maximum absolute atomic E-state index is 13.8. The lowest BCUT2D eigenvalue weighted by atomic mass is 9.96. The summed E-state index contributed by atoms with van der Waals surface area (Å²) >= 11 is 2.86. The van der Waals surface area contributed by atoms with Crippen LogP contribution in [-0.2, 0) is 9.53 Å². The van der Waals surface area contributed by atoms with Crippen molar-refractivity contribution in [3.05, 3.63) is 90.6 Å². The highest BCUT2D eigenvalue weighted by atomic mass is 32.2. The van der Waals surface area contributed by atoms with Crippen molar-refractivity contribution in [2.75, 3.05) is 12.9 Å². The lowest BCUT2D eigenvalue weighted by Crippen LogP contribution is -2.40. The zero-order chi connectivity index (χ0) is 25.8. The average Bonchev–Trinajstić information content (AvgIpc) is 3.16. The Kier molecular flexibility index (Phi) is 7.77. The fourth-order valence-electron chi connectivity index (χ4n) is 3.94. The molecule has 4 rings (SSSR count). The number of allylic oxidation sites excluding steroid dienone is 1. The number of thioether (sulfide) groups is 1. The van der Waals surface area contributed by atoms with Crippen molar-refractivity contribution in [2.45, 2.75) is 37.8 Å². The Bertz CT molecular complexity index is 1540. The van der Waals surface area contributed by atoms with Gasteiger partial charge in [-0.05, 0) is 56.9 Å². The van der Waals surface area contributed by atoms with Crippen molar-refractivity contribution < 1.29 is 14.3 Å². The number of aromatic nitrogens is 1. The molecule has 1 aliphatic rings. The molecule has 2 aromatic carbocycles. The predicted octanol–water partition coefficient (Wildman–Crippen LogP) is 3.81. The van der Waals surface area contributed by atoms with E-state index in [1.807, 2.05) is 48.7 Å². The normalized spacial score (nSPS) is 15.3. The van der Waals surface area contributed by atoms with Gasteiger partial charge in [0.1, 0.15) is 11.8 Å². The van der Waals surface area contributed by atoms with Crippen LogP contribution in [0.2, 0.25) is 0 Å². The Morgan fingerprint density at radius 3 is 2.64 bits per heavy atom. The number of carbonyl (C=O) groups is 1. The first kappa shape index (κ1) is 25.5. The summed E-state index contributed by atoms with van der Waals surface area (Å²) in [6.45, 7) is 5.25. The molecule has 0 bridgehead atoms. The van der Waals surface area contributed by atoms with Gasteiger partial charge in [0.15, 0.2) is 11.4 Å². The Hall–Kier alpha value is -3.61. The van der Waals surface area contributed by atoms with Crippen molar-refractivity contribution in [2.24, 2.45) is 4.99 Å². The van der Waals surface area contributed by atoms with E-state index in [2.05, 4.69) is 4.99 Å². The molecule has 0 spiro atoms. The minimum Gasteiger partial charge on any atom is -0.478 e. The summed E-state index contributed by atoms with van der Waals surface area (Å²) in [4.78, 5) is 33.1. The molecule has 184 valence electrons. The Morgan fingerprint density at radius 1 is 1.25 bits per heavy atom. The first-order valence-electron chi connectivity index (χ1n) is 11.3. The molecule has 7 nitrogen and oxygen atoms in total. The van der Waals surface area contributed by atoms with Crippen molar-refractivity contribution in [1.29, 1.82) is 5.26 Å². The van der Waals surface area contributed by atoms with E-state index in [0.717, 1.165) is 10.5 Å². The van der Waals surface area contributed by atoms with Crippen molar-refractivity contribution >= 4 is 35.1 Å². The van der Waals surface area contributed by atoms with Gasteiger partial charge in [-0.15, -0.1) is 11.8 Å². The highest BCUT2D eigenvalue weighted by Gasteiger charge is 2.33. The number of fused-ring (bicyclic) bond motifs is 1. The largest absolute Gasteiger partial charge is 0.478 e. The van der Waals surface area contributed by atoms with Gasteiger partial charge in [0.2, 0.25) is 0 Å². The standard InChI is InChI=1S/C27H25N3O4S2/c1-16(2)34-26(32)23-17(3)29-27-30(24(23)18-9-11-20(35-4)12-10-18)25(31)22(36-27)15-19-7-5-6-8-21(19)33-14-13-28/h5-12,15-16,24H,14H2,1-4H3/b22-15-/t24-/m1/s1. The Labute approximate surface area is 217 Å². The molecular weight excluding hydrogens is 494 g/mol. The number of rotatable bonds is 7. The summed E-state index contributed by atoms with van der Waals surface area (Å²) in [6, 6.07) is 16.3. The minimum atomic E-state index is -0.671. The molecule has 1 atom stereocenters. The molecule has 0 saturated carbocycles. The van der Waals surface area contributed by atoms with Gasteiger partial charge in [-0.2, -0.15) is 5.26 Å². The summed E-state index contributed by atoms with van der Waals surface area (Å²) in [7, 11) is 0. The number of hydrogen-bond acceptors (Lipinski definition) is 8. The molecule has 0 N–H and O–H groups in total. The van der Waals surface area contributed by atoms with Gasteiger partial charge in [0.25, 0.3) is 5.56 Å². The van der Waals surface area contributed by atoms with Crippen LogP contribution in [0.3, 0.4) is 0 Å². The Balaban J connectivity index is 1.91. The molecule has 2 heterocycles. The lowest BCUT2D eigenvalue weighted by Gasteiger charge is -2.25. The van der Waals surface area contributed by atoms with Crippen LogP contribution in [0, 0.1) is 11.3 Å². The van der Waals surface area contributed by atoms with Gasteiger partial charge < -0.3 is 9.47 Å². The SMILES string of the molecule is CSc1ccc([C@@H]2C(C(=O)OC(C)C)=C(C)N=c3s/c(=C\c4ccccc4OCC#N)c(=O)n32)cc1. The third-order valence-corrected chi connectivity index (χ3v) is 7.24. The summed E-state index contributed by atoms with van der Waals surface area (Å²) in [5.74, 6) is 0.0150. The second-order valence-electron chi connectivity index (χ2n) is 8.29. The fourth-order valence-corrected chi connectivity index (χ4v) is 5.39. The summed E-state index contributed by atoms with van der Waals surface area (Å²) < 4.78 is 13.1. The number of esters is 1. The van der Waals surface area contributed by atoms with E-state index in [0.29, 0.717) is 31.9 Å². The van der Waals surface area contributed by atoms with Crippen LogP contribution in [0.15, 0.2) is 74.5 Å². The average molecular weight is 520 g/mol. The van der Waals surface area contributed by atoms with E-state index < -0.39 is 12.0 Å².